The van der Waals surface area contributed by atoms with Crippen LogP contribution in [0.5, 0.6) is 0 Å². The minimum Gasteiger partial charge on any atom is -0.456 e. The first-order valence-corrected chi connectivity index (χ1v) is 14.8. The highest BCUT2D eigenvalue weighted by atomic mass is 16.3. The van der Waals surface area contributed by atoms with Crippen LogP contribution in [0.25, 0.3) is 89.5 Å². The van der Waals surface area contributed by atoms with E-state index in [-0.39, 0.29) is 23.0 Å². The molecule has 0 saturated heterocycles. The maximum atomic E-state index is 9.66. The molecule has 0 radical (unpaired) electrons. The van der Waals surface area contributed by atoms with E-state index in [1.807, 2.05) is 0 Å². The average molecular weight is 647 g/mol. The molecule has 9 rings (SSSR count). The number of rotatable bonds is 6. The predicted molar refractivity (Wildman–Crippen MR) is 200 cm³/mol. The molecule has 0 fully saturated rings. The van der Waals surface area contributed by atoms with Gasteiger partial charge in [-0.2, -0.15) is 0 Å². The molecule has 0 N–H and O–H groups in total. The monoisotopic (exact) mass is 646 g/mol. The van der Waals surface area contributed by atoms with Gasteiger partial charge in [0.25, 0.3) is 0 Å². The van der Waals surface area contributed by atoms with Gasteiger partial charge in [0, 0.05) is 27.5 Å². The lowest BCUT2D eigenvalue weighted by Crippen LogP contribution is -2.00. The lowest BCUT2D eigenvalue weighted by molar-refractivity contribution is 0.669. The number of fused-ring (bicyclic) bond motifs is 3. The van der Waals surface area contributed by atoms with Crippen molar-refractivity contribution in [3.8, 4) is 67.5 Å². The second kappa shape index (κ2) is 12.2. The summed E-state index contributed by atoms with van der Waals surface area (Å²) in [5.41, 5.74) is -4.68. The Labute approximate surface area is 310 Å². The van der Waals surface area contributed by atoms with Crippen LogP contribution in [-0.4, -0.2) is 15.0 Å². The summed E-state index contributed by atoms with van der Waals surface area (Å²) >= 11 is 0. The molecule has 4 heteroatoms. The van der Waals surface area contributed by atoms with Crippen molar-refractivity contribution in [1.82, 2.24) is 15.0 Å². The van der Waals surface area contributed by atoms with Crippen molar-refractivity contribution < 1.29 is 30.5 Å². The number of hydrogen-bond acceptors (Lipinski definition) is 4. The predicted octanol–water partition coefficient (Wildman–Crippen LogP) is 11.8. The van der Waals surface area contributed by atoms with Crippen LogP contribution in [-0.2, 0) is 0 Å². The lowest BCUT2D eigenvalue weighted by Gasteiger charge is -2.12. The van der Waals surface area contributed by atoms with Gasteiger partial charge >= 0.3 is 0 Å². The number of hydrogen-bond donors (Lipinski definition) is 0. The summed E-state index contributed by atoms with van der Waals surface area (Å²) in [6.07, 6.45) is 0. The van der Waals surface area contributed by atoms with Gasteiger partial charge in [-0.1, -0.05) is 139 Å². The second-order valence-electron chi connectivity index (χ2n) is 10.5. The van der Waals surface area contributed by atoms with E-state index in [1.165, 1.54) is 0 Å². The minimum atomic E-state index is -0.960. The van der Waals surface area contributed by atoms with Crippen molar-refractivity contribution in [3.05, 3.63) is 175 Å². The van der Waals surface area contributed by atoms with Crippen LogP contribution in [0.1, 0.15) is 26.0 Å². The first-order valence-electron chi connectivity index (χ1n) is 24.3. The Morgan fingerprint density at radius 2 is 0.918 bits per heavy atom. The molecule has 7 aromatic carbocycles. The average Bonchev–Trinajstić information content (AvgIpc) is 3.74. The van der Waals surface area contributed by atoms with Crippen molar-refractivity contribution in [1.29, 1.82) is 0 Å². The standard InChI is InChI=1S/C45H29N3O/c1-5-14-30(15-6-1)35-26-36(31-16-7-2-8-17-31)28-37(27-35)38-22-13-23-40-42(38)39-25-24-34(29-41(39)49-40)45-47-43(32-18-9-3-10-19-32)46-44(48-45)33-20-11-4-12-21-33/h1-29H/i1D,2D,5D,6D,7D,8D,13D,14D,15D,16D,17D,22D,23D,24D,25D,26D,27D,28D,29D. The number of aromatic nitrogens is 3. The molecular formula is C45H29N3O. The van der Waals surface area contributed by atoms with E-state index in [4.69, 9.17) is 20.9 Å². The summed E-state index contributed by atoms with van der Waals surface area (Å²) in [6.45, 7) is 0. The van der Waals surface area contributed by atoms with E-state index in [0.717, 1.165) is 0 Å². The van der Waals surface area contributed by atoms with Crippen LogP contribution < -0.4 is 0 Å². The molecule has 4 nitrogen and oxygen atoms in total. The number of furan rings is 1. The van der Waals surface area contributed by atoms with Gasteiger partial charge < -0.3 is 4.42 Å². The van der Waals surface area contributed by atoms with Crippen LogP contribution in [0.2, 0.25) is 0 Å². The zero-order chi connectivity index (χ0) is 49.1. The maximum Gasteiger partial charge on any atom is 0.164 e. The zero-order valence-electron chi connectivity index (χ0n) is 44.0. The summed E-state index contributed by atoms with van der Waals surface area (Å²) in [5, 5.41) is -0.840. The van der Waals surface area contributed by atoms with E-state index in [0.29, 0.717) is 11.1 Å². The minimum absolute atomic E-state index is 0.159. The Hall–Kier alpha value is -6.65. The highest BCUT2D eigenvalue weighted by Crippen LogP contribution is 2.41. The summed E-state index contributed by atoms with van der Waals surface area (Å²) < 4.78 is 176. The summed E-state index contributed by atoms with van der Waals surface area (Å²) in [7, 11) is 0. The van der Waals surface area contributed by atoms with Crippen molar-refractivity contribution >= 4 is 21.9 Å². The Morgan fingerprint density at radius 3 is 1.49 bits per heavy atom. The van der Waals surface area contributed by atoms with Crippen LogP contribution in [0.3, 0.4) is 0 Å². The van der Waals surface area contributed by atoms with Gasteiger partial charge in [-0.15, -0.1) is 0 Å². The van der Waals surface area contributed by atoms with E-state index >= 15 is 0 Å². The van der Waals surface area contributed by atoms with Crippen LogP contribution in [0.15, 0.2) is 180 Å². The van der Waals surface area contributed by atoms with Gasteiger partial charge in [0.2, 0.25) is 0 Å². The van der Waals surface area contributed by atoms with Gasteiger partial charge in [-0.05, 0) is 69.6 Å². The quantitative estimate of drug-likeness (QED) is 0.180. The van der Waals surface area contributed by atoms with Gasteiger partial charge in [0.1, 0.15) is 11.2 Å². The van der Waals surface area contributed by atoms with Gasteiger partial charge in [0.15, 0.2) is 17.5 Å². The zero-order valence-corrected chi connectivity index (χ0v) is 25.0. The first kappa shape index (κ1) is 15.1. The summed E-state index contributed by atoms with van der Waals surface area (Å²) in [6, 6.07) is 1.43. The smallest absolute Gasteiger partial charge is 0.164 e. The molecule has 0 aliphatic heterocycles. The van der Waals surface area contributed by atoms with Gasteiger partial charge in [-0.25, -0.2) is 15.0 Å². The fourth-order valence-corrected chi connectivity index (χ4v) is 5.26. The van der Waals surface area contributed by atoms with Crippen LogP contribution in [0, 0.1) is 0 Å². The molecule has 49 heavy (non-hydrogen) atoms. The third-order valence-corrected chi connectivity index (χ3v) is 7.50. The van der Waals surface area contributed by atoms with Crippen molar-refractivity contribution in [3.63, 3.8) is 0 Å². The Morgan fingerprint density at radius 1 is 0.388 bits per heavy atom. The molecule has 2 aromatic heterocycles. The molecule has 0 unspecified atom stereocenters. The molecular weight excluding hydrogens is 599 g/mol. The summed E-state index contributed by atoms with van der Waals surface area (Å²) in [4.78, 5) is 13.9. The molecule has 0 saturated carbocycles. The third kappa shape index (κ3) is 5.45. The Balaban J connectivity index is 1.45. The summed E-state index contributed by atoms with van der Waals surface area (Å²) in [5.74, 6) is 0.106. The Bertz CT molecular complexity index is 3460. The van der Waals surface area contributed by atoms with E-state index in [9.17, 15) is 9.60 Å². The fourth-order valence-electron chi connectivity index (χ4n) is 5.26. The molecule has 0 aliphatic carbocycles. The second-order valence-corrected chi connectivity index (χ2v) is 10.5. The van der Waals surface area contributed by atoms with Crippen molar-refractivity contribution in [2.24, 2.45) is 0 Å². The van der Waals surface area contributed by atoms with Gasteiger partial charge in [-0.3, -0.25) is 0 Å². The molecule has 0 bridgehead atoms. The highest BCUT2D eigenvalue weighted by molar-refractivity contribution is 6.13. The van der Waals surface area contributed by atoms with E-state index in [2.05, 4.69) is 15.0 Å². The molecule has 0 amide bonds. The largest absolute Gasteiger partial charge is 0.456 e. The fraction of sp³-hybridized carbons (Fsp3) is 0. The maximum absolute atomic E-state index is 9.66. The molecule has 9 aromatic rings. The SMILES string of the molecule is [2H]c1c([2H])c([2H])c(-c2c([2H])c(-c3c([2H])c([2H])c([2H])c([2H])c3[2H])c([2H])c(-c3c([2H])c([2H])c([2H])c4oc5c([2H])c(-c6nc(-c7ccccc7)nc(-c7ccccc7)n6)c([2H])c([2H])c5c34)c2[2H])c([2H])c1[2H]. The first-order chi connectivity index (χ1) is 32.2. The van der Waals surface area contributed by atoms with E-state index < -0.39 is 170 Å². The number of nitrogens with zero attached hydrogens (tertiary/aromatic N) is 3. The molecule has 0 atom stereocenters. The molecule has 2 heterocycles. The lowest BCUT2D eigenvalue weighted by atomic mass is 9.91. The highest BCUT2D eigenvalue weighted by Gasteiger charge is 2.17. The Kier molecular flexibility index (Phi) is 3.74. The molecule has 0 spiro atoms. The number of benzene rings is 7. The van der Waals surface area contributed by atoms with Crippen molar-refractivity contribution in [2.45, 2.75) is 0 Å². The molecule has 230 valence electrons. The topological polar surface area (TPSA) is 51.8 Å². The van der Waals surface area contributed by atoms with Crippen LogP contribution >= 0.6 is 0 Å². The normalized spacial score (nSPS) is 16.7. The van der Waals surface area contributed by atoms with Crippen LogP contribution in [0.4, 0.5) is 0 Å². The molecule has 0 aliphatic rings. The van der Waals surface area contributed by atoms with Gasteiger partial charge in [0.05, 0.1) is 26.0 Å². The van der Waals surface area contributed by atoms with E-state index in [1.54, 1.807) is 60.7 Å². The third-order valence-electron chi connectivity index (χ3n) is 7.50. The van der Waals surface area contributed by atoms with Crippen molar-refractivity contribution in [2.75, 3.05) is 0 Å².